The summed E-state index contributed by atoms with van der Waals surface area (Å²) in [6, 6.07) is -0.477. The first-order chi connectivity index (χ1) is 14.1. The van der Waals surface area contributed by atoms with Gasteiger partial charge in [0.05, 0.1) is 0 Å². The van der Waals surface area contributed by atoms with Gasteiger partial charge in [0.2, 0.25) is 0 Å². The van der Waals surface area contributed by atoms with Crippen molar-refractivity contribution < 1.29 is 9.53 Å². The molecule has 0 aliphatic rings. The summed E-state index contributed by atoms with van der Waals surface area (Å²) < 4.78 is 5.87. The lowest BCUT2D eigenvalue weighted by Crippen LogP contribution is -2.39. The molecule has 0 aliphatic carbocycles. The van der Waals surface area contributed by atoms with E-state index in [2.05, 4.69) is 20.8 Å². The third-order valence-corrected chi connectivity index (χ3v) is 6.32. The van der Waals surface area contributed by atoms with Gasteiger partial charge in [0, 0.05) is 0 Å². The van der Waals surface area contributed by atoms with Crippen LogP contribution in [-0.2, 0) is 9.53 Å². The van der Waals surface area contributed by atoms with E-state index in [0.29, 0.717) is 0 Å². The summed E-state index contributed by atoms with van der Waals surface area (Å²) in [5, 5.41) is 0. The van der Waals surface area contributed by atoms with Crippen molar-refractivity contribution in [3.05, 3.63) is 0 Å². The summed E-state index contributed by atoms with van der Waals surface area (Å²) in [4.78, 5) is 12.4. The Morgan fingerprint density at radius 3 is 1.45 bits per heavy atom. The Kier molecular flexibility index (Phi) is 20.3. The standard InChI is InChI=1S/C26H53NO2/c1-5-8-10-12-14-15-16-18-20-22-24(21-19-17-13-11-9-6-2)29-26(28)25(27)23(4)7-3/h23-25H,5-22,27H2,1-4H3/t23-,24?,25-/m0/s1. The van der Waals surface area contributed by atoms with E-state index in [1.807, 2.05) is 6.92 Å². The van der Waals surface area contributed by atoms with Gasteiger partial charge >= 0.3 is 5.97 Å². The molecule has 3 heteroatoms. The van der Waals surface area contributed by atoms with E-state index in [9.17, 15) is 4.79 Å². The quantitative estimate of drug-likeness (QED) is 0.154. The highest BCUT2D eigenvalue weighted by Gasteiger charge is 2.24. The zero-order valence-electron chi connectivity index (χ0n) is 20.4. The van der Waals surface area contributed by atoms with E-state index < -0.39 is 6.04 Å². The molecule has 174 valence electrons. The van der Waals surface area contributed by atoms with Crippen molar-refractivity contribution in [3.63, 3.8) is 0 Å². The highest BCUT2D eigenvalue weighted by molar-refractivity contribution is 5.76. The Morgan fingerprint density at radius 2 is 1.07 bits per heavy atom. The normalized spacial score (nSPS) is 14.5. The maximum Gasteiger partial charge on any atom is 0.323 e. The number of carbonyl (C=O) groups excluding carboxylic acids is 1. The van der Waals surface area contributed by atoms with Crippen LogP contribution in [0.15, 0.2) is 0 Å². The van der Waals surface area contributed by atoms with Gasteiger partial charge in [0.15, 0.2) is 0 Å². The van der Waals surface area contributed by atoms with E-state index in [4.69, 9.17) is 10.5 Å². The number of ether oxygens (including phenoxy) is 1. The molecule has 29 heavy (non-hydrogen) atoms. The van der Waals surface area contributed by atoms with Crippen LogP contribution in [0.4, 0.5) is 0 Å². The zero-order valence-corrected chi connectivity index (χ0v) is 20.4. The predicted molar refractivity (Wildman–Crippen MR) is 127 cm³/mol. The lowest BCUT2D eigenvalue weighted by Gasteiger charge is -2.23. The largest absolute Gasteiger partial charge is 0.461 e. The fraction of sp³-hybridized carbons (Fsp3) is 0.962. The van der Waals surface area contributed by atoms with E-state index >= 15 is 0 Å². The average Bonchev–Trinajstić information content (AvgIpc) is 2.73. The molecule has 0 saturated heterocycles. The molecule has 0 aliphatic heterocycles. The number of unbranched alkanes of at least 4 members (excludes halogenated alkanes) is 13. The Hall–Kier alpha value is -0.570. The summed E-state index contributed by atoms with van der Waals surface area (Å²) in [6.45, 7) is 8.63. The molecule has 1 unspecified atom stereocenters. The molecule has 0 aromatic rings. The lowest BCUT2D eigenvalue weighted by molar-refractivity contribution is -0.152. The molecule has 0 spiro atoms. The van der Waals surface area contributed by atoms with Crippen molar-refractivity contribution in [2.75, 3.05) is 0 Å². The summed E-state index contributed by atoms with van der Waals surface area (Å²) in [5.74, 6) is -0.00356. The van der Waals surface area contributed by atoms with Crippen LogP contribution in [-0.4, -0.2) is 18.1 Å². The zero-order chi connectivity index (χ0) is 21.7. The molecule has 0 aromatic carbocycles. The minimum Gasteiger partial charge on any atom is -0.461 e. The molecule has 0 bridgehead atoms. The van der Waals surface area contributed by atoms with Gasteiger partial charge in [-0.05, 0) is 31.6 Å². The molecule has 0 aromatic heterocycles. The first-order valence-electron chi connectivity index (χ1n) is 13.0. The van der Waals surface area contributed by atoms with Crippen molar-refractivity contribution in [2.45, 2.75) is 155 Å². The molecule has 0 radical (unpaired) electrons. The van der Waals surface area contributed by atoms with Crippen LogP contribution in [0, 0.1) is 5.92 Å². The number of carbonyl (C=O) groups is 1. The second-order valence-corrected chi connectivity index (χ2v) is 9.14. The molecular formula is C26H53NO2. The molecule has 0 rings (SSSR count). The fourth-order valence-corrected chi connectivity index (χ4v) is 3.83. The Balaban J connectivity index is 4.15. The number of rotatable bonds is 21. The first kappa shape index (κ1) is 28.4. The monoisotopic (exact) mass is 411 g/mol. The van der Waals surface area contributed by atoms with E-state index in [1.165, 1.54) is 89.9 Å². The number of nitrogens with two attached hydrogens (primary N) is 1. The third-order valence-electron chi connectivity index (χ3n) is 6.32. The summed E-state index contributed by atoms with van der Waals surface area (Å²) in [5.41, 5.74) is 6.10. The highest BCUT2D eigenvalue weighted by atomic mass is 16.5. The Morgan fingerprint density at radius 1 is 0.690 bits per heavy atom. The van der Waals surface area contributed by atoms with Crippen LogP contribution < -0.4 is 5.73 Å². The van der Waals surface area contributed by atoms with E-state index in [0.717, 1.165) is 25.7 Å². The first-order valence-corrected chi connectivity index (χ1v) is 13.0. The van der Waals surface area contributed by atoms with Crippen molar-refractivity contribution in [1.82, 2.24) is 0 Å². The van der Waals surface area contributed by atoms with Crippen LogP contribution in [0.5, 0.6) is 0 Å². The van der Waals surface area contributed by atoms with Crippen LogP contribution >= 0.6 is 0 Å². The van der Waals surface area contributed by atoms with Gasteiger partial charge < -0.3 is 10.5 Å². The molecule has 0 fully saturated rings. The SMILES string of the molecule is CCCCCCCCCCCC(CCCCCCCC)OC(=O)[C@@H](N)[C@@H](C)CC. The van der Waals surface area contributed by atoms with E-state index in [-0.39, 0.29) is 18.0 Å². The number of hydrogen-bond acceptors (Lipinski definition) is 3. The van der Waals surface area contributed by atoms with Crippen LogP contribution in [0.2, 0.25) is 0 Å². The van der Waals surface area contributed by atoms with E-state index in [1.54, 1.807) is 0 Å². The fourth-order valence-electron chi connectivity index (χ4n) is 3.83. The summed E-state index contributed by atoms with van der Waals surface area (Å²) in [6.07, 6.45) is 22.6. The second-order valence-electron chi connectivity index (χ2n) is 9.14. The van der Waals surface area contributed by atoms with Gasteiger partial charge in [-0.25, -0.2) is 0 Å². The van der Waals surface area contributed by atoms with Crippen molar-refractivity contribution >= 4 is 5.97 Å². The van der Waals surface area contributed by atoms with Gasteiger partial charge in [-0.15, -0.1) is 0 Å². The van der Waals surface area contributed by atoms with Crippen molar-refractivity contribution in [3.8, 4) is 0 Å². The van der Waals surface area contributed by atoms with Gasteiger partial charge in [-0.3, -0.25) is 4.79 Å². The Bertz CT molecular complexity index is 359. The summed E-state index contributed by atoms with van der Waals surface area (Å²) >= 11 is 0. The molecular weight excluding hydrogens is 358 g/mol. The van der Waals surface area contributed by atoms with Crippen LogP contribution in [0.1, 0.15) is 143 Å². The third kappa shape index (κ3) is 16.9. The number of hydrogen-bond donors (Lipinski definition) is 1. The highest BCUT2D eigenvalue weighted by Crippen LogP contribution is 2.19. The molecule has 0 saturated carbocycles. The maximum atomic E-state index is 12.4. The maximum absolute atomic E-state index is 12.4. The molecule has 3 atom stereocenters. The second kappa shape index (κ2) is 20.7. The van der Waals surface area contributed by atoms with Gasteiger partial charge in [0.1, 0.15) is 12.1 Å². The smallest absolute Gasteiger partial charge is 0.323 e. The van der Waals surface area contributed by atoms with Crippen LogP contribution in [0.3, 0.4) is 0 Å². The van der Waals surface area contributed by atoms with Crippen LogP contribution in [0.25, 0.3) is 0 Å². The Labute approximate surface area is 182 Å². The predicted octanol–water partition coefficient (Wildman–Crippen LogP) is 7.94. The number of esters is 1. The molecule has 3 nitrogen and oxygen atoms in total. The minimum atomic E-state index is -0.477. The van der Waals surface area contributed by atoms with Crippen molar-refractivity contribution in [2.24, 2.45) is 11.7 Å². The lowest BCUT2D eigenvalue weighted by atomic mass is 9.99. The van der Waals surface area contributed by atoms with Gasteiger partial charge in [-0.2, -0.15) is 0 Å². The van der Waals surface area contributed by atoms with Gasteiger partial charge in [-0.1, -0.05) is 118 Å². The molecule has 0 heterocycles. The van der Waals surface area contributed by atoms with Gasteiger partial charge in [0.25, 0.3) is 0 Å². The molecule has 2 N–H and O–H groups in total. The average molecular weight is 412 g/mol. The topological polar surface area (TPSA) is 52.3 Å². The molecule has 0 amide bonds. The van der Waals surface area contributed by atoms with Crippen molar-refractivity contribution in [1.29, 1.82) is 0 Å². The minimum absolute atomic E-state index is 0.0633. The summed E-state index contributed by atoms with van der Waals surface area (Å²) in [7, 11) is 0.